The van der Waals surface area contributed by atoms with Gasteiger partial charge in [0, 0.05) is 10.6 Å². The summed E-state index contributed by atoms with van der Waals surface area (Å²) in [6.45, 7) is 0.287. The Morgan fingerprint density at radius 3 is 2.58 bits per heavy atom. The lowest BCUT2D eigenvalue weighted by atomic mass is 10.1. The number of esters is 1. The third-order valence-corrected chi connectivity index (χ3v) is 4.92. The number of terminal acetylenes is 1. The lowest BCUT2D eigenvalue weighted by Gasteiger charge is -2.01. The van der Waals surface area contributed by atoms with Gasteiger partial charge in [-0.2, -0.15) is 4.99 Å². The molecule has 0 saturated heterocycles. The molecule has 3 rings (SSSR count). The normalized spacial score (nSPS) is 11.3. The van der Waals surface area contributed by atoms with Crippen molar-refractivity contribution in [1.29, 1.82) is 0 Å². The Kier molecular flexibility index (Phi) is 5.21. The molecule has 0 aliphatic rings. The number of fused-ring (bicyclic) bond motifs is 1. The summed E-state index contributed by atoms with van der Waals surface area (Å²) in [7, 11) is 1.30. The molecule has 1 heterocycles. The minimum Gasteiger partial charge on any atom is -0.465 e. The number of amides is 1. The van der Waals surface area contributed by atoms with Gasteiger partial charge in [0.2, 0.25) is 0 Å². The van der Waals surface area contributed by atoms with E-state index in [4.69, 9.17) is 18.0 Å². The molecule has 7 heteroatoms. The van der Waals surface area contributed by atoms with Gasteiger partial charge in [-0.05, 0) is 42.5 Å². The molecule has 5 nitrogen and oxygen atoms in total. The smallest absolute Gasteiger partial charge is 0.337 e. The highest BCUT2D eigenvalue weighted by atomic mass is 35.5. The van der Waals surface area contributed by atoms with Crippen molar-refractivity contribution in [2.24, 2.45) is 4.99 Å². The van der Waals surface area contributed by atoms with Crippen LogP contribution in [0.1, 0.15) is 20.7 Å². The summed E-state index contributed by atoms with van der Waals surface area (Å²) >= 11 is 7.37. The minimum atomic E-state index is -0.464. The van der Waals surface area contributed by atoms with E-state index >= 15 is 0 Å². The zero-order valence-corrected chi connectivity index (χ0v) is 15.3. The number of ether oxygens (including phenoxy) is 1. The maximum absolute atomic E-state index is 12.5. The molecule has 2 aromatic carbocycles. The molecule has 0 bridgehead atoms. The molecule has 0 aliphatic heterocycles. The summed E-state index contributed by atoms with van der Waals surface area (Å²) in [6.07, 6.45) is 5.45. The SMILES string of the molecule is C#CCn1c(=NC(=O)c2ccc(C(=O)OC)cc2)sc2cc(Cl)ccc21. The highest BCUT2D eigenvalue weighted by molar-refractivity contribution is 7.16. The van der Waals surface area contributed by atoms with Gasteiger partial charge < -0.3 is 9.30 Å². The first-order valence-electron chi connectivity index (χ1n) is 7.53. The van der Waals surface area contributed by atoms with Crippen LogP contribution < -0.4 is 4.80 Å². The quantitative estimate of drug-likeness (QED) is 0.512. The molecule has 0 fully saturated rings. The van der Waals surface area contributed by atoms with Gasteiger partial charge in [0.1, 0.15) is 0 Å². The Morgan fingerprint density at radius 2 is 1.92 bits per heavy atom. The van der Waals surface area contributed by atoms with Gasteiger partial charge in [-0.3, -0.25) is 4.79 Å². The average molecular weight is 385 g/mol. The number of rotatable bonds is 3. The molecular weight excluding hydrogens is 372 g/mol. The number of hydrogen-bond donors (Lipinski definition) is 0. The zero-order valence-electron chi connectivity index (χ0n) is 13.7. The van der Waals surface area contributed by atoms with E-state index in [1.165, 1.54) is 42.7 Å². The third-order valence-electron chi connectivity index (χ3n) is 3.64. The second-order valence-corrected chi connectivity index (χ2v) is 6.72. The number of nitrogens with zero attached hydrogens (tertiary/aromatic N) is 2. The largest absolute Gasteiger partial charge is 0.465 e. The summed E-state index contributed by atoms with van der Waals surface area (Å²) in [5.74, 6) is 1.68. The van der Waals surface area contributed by atoms with Crippen molar-refractivity contribution < 1.29 is 14.3 Å². The van der Waals surface area contributed by atoms with Crippen molar-refractivity contribution in [3.05, 3.63) is 63.4 Å². The first-order valence-corrected chi connectivity index (χ1v) is 8.72. The standard InChI is InChI=1S/C19H13ClN2O3S/c1-3-10-22-15-9-8-14(20)11-16(15)26-19(22)21-17(23)12-4-6-13(7-5-12)18(24)25-2/h1,4-9,11H,10H2,2H3. The fourth-order valence-electron chi connectivity index (χ4n) is 2.39. The molecule has 130 valence electrons. The molecule has 1 aromatic heterocycles. The number of benzene rings is 2. The van der Waals surface area contributed by atoms with Crippen molar-refractivity contribution in [3.63, 3.8) is 0 Å². The lowest BCUT2D eigenvalue weighted by molar-refractivity contribution is 0.0600. The molecule has 0 spiro atoms. The monoisotopic (exact) mass is 384 g/mol. The van der Waals surface area contributed by atoms with Crippen LogP contribution in [0.5, 0.6) is 0 Å². The molecule has 3 aromatic rings. The van der Waals surface area contributed by atoms with Crippen molar-refractivity contribution >= 4 is 45.0 Å². The van der Waals surface area contributed by atoms with Crippen LogP contribution in [0.2, 0.25) is 5.02 Å². The van der Waals surface area contributed by atoms with E-state index in [2.05, 4.69) is 15.6 Å². The van der Waals surface area contributed by atoms with Crippen LogP contribution in [0.4, 0.5) is 0 Å². The number of aromatic nitrogens is 1. The number of carbonyl (C=O) groups is 2. The number of thiazole rings is 1. The Labute approximate surface area is 158 Å². The second kappa shape index (κ2) is 7.56. The summed E-state index contributed by atoms with van der Waals surface area (Å²) < 4.78 is 7.32. The average Bonchev–Trinajstić information content (AvgIpc) is 2.97. The molecule has 0 saturated carbocycles. The van der Waals surface area contributed by atoms with E-state index in [1.54, 1.807) is 10.6 Å². The van der Waals surface area contributed by atoms with Gasteiger partial charge in [0.25, 0.3) is 5.91 Å². The van der Waals surface area contributed by atoms with Gasteiger partial charge >= 0.3 is 5.97 Å². The van der Waals surface area contributed by atoms with Crippen molar-refractivity contribution in [1.82, 2.24) is 4.57 Å². The topological polar surface area (TPSA) is 60.7 Å². The predicted octanol–water partition coefficient (Wildman–Crippen LogP) is 3.52. The fourth-order valence-corrected chi connectivity index (χ4v) is 3.70. The van der Waals surface area contributed by atoms with Gasteiger partial charge in [-0.1, -0.05) is 28.9 Å². The maximum atomic E-state index is 12.5. The lowest BCUT2D eigenvalue weighted by Crippen LogP contribution is -2.16. The van der Waals surface area contributed by atoms with E-state index in [0.717, 1.165) is 10.2 Å². The third kappa shape index (κ3) is 3.54. The molecular formula is C19H13ClN2O3S. The molecule has 26 heavy (non-hydrogen) atoms. The van der Waals surface area contributed by atoms with E-state index in [9.17, 15) is 9.59 Å². The Hall–Kier alpha value is -2.88. The zero-order chi connectivity index (χ0) is 18.7. The number of halogens is 1. The van der Waals surface area contributed by atoms with Gasteiger partial charge in [-0.15, -0.1) is 6.42 Å². The number of methoxy groups -OCH3 is 1. The molecule has 0 N–H and O–H groups in total. The number of carbonyl (C=O) groups excluding carboxylic acids is 2. The molecule has 0 atom stereocenters. The van der Waals surface area contributed by atoms with Crippen LogP contribution in [0.3, 0.4) is 0 Å². The van der Waals surface area contributed by atoms with E-state index in [-0.39, 0.29) is 6.54 Å². The summed E-state index contributed by atoms with van der Waals surface area (Å²) in [5.41, 5.74) is 1.59. The van der Waals surface area contributed by atoms with Crippen LogP contribution in [0.25, 0.3) is 10.2 Å². The summed E-state index contributed by atoms with van der Waals surface area (Å²) in [6, 6.07) is 11.5. The van der Waals surface area contributed by atoms with E-state index in [0.29, 0.717) is 21.0 Å². The first-order chi connectivity index (χ1) is 12.5. The molecule has 0 radical (unpaired) electrons. The highest BCUT2D eigenvalue weighted by Crippen LogP contribution is 2.22. The molecule has 0 aliphatic carbocycles. The van der Waals surface area contributed by atoms with Crippen LogP contribution in [0.15, 0.2) is 47.5 Å². The first kappa shape index (κ1) is 17.9. The Balaban J connectivity index is 2.03. The highest BCUT2D eigenvalue weighted by Gasteiger charge is 2.11. The summed E-state index contributed by atoms with van der Waals surface area (Å²) in [5, 5.41) is 0.600. The van der Waals surface area contributed by atoms with Crippen LogP contribution in [0, 0.1) is 12.3 Å². The van der Waals surface area contributed by atoms with Gasteiger partial charge in [0.15, 0.2) is 4.80 Å². The van der Waals surface area contributed by atoms with Crippen molar-refractivity contribution in [3.8, 4) is 12.3 Å². The maximum Gasteiger partial charge on any atom is 0.337 e. The Morgan fingerprint density at radius 1 is 1.23 bits per heavy atom. The van der Waals surface area contributed by atoms with Gasteiger partial charge in [0.05, 0.1) is 29.4 Å². The fraction of sp³-hybridized carbons (Fsp3) is 0.105. The molecule has 0 unspecified atom stereocenters. The minimum absolute atomic E-state index is 0.287. The predicted molar refractivity (Wildman–Crippen MR) is 101 cm³/mol. The summed E-state index contributed by atoms with van der Waals surface area (Å²) in [4.78, 5) is 28.7. The number of hydrogen-bond acceptors (Lipinski definition) is 4. The molecule has 1 amide bonds. The van der Waals surface area contributed by atoms with Crippen molar-refractivity contribution in [2.75, 3.05) is 7.11 Å². The Bertz CT molecular complexity index is 1100. The van der Waals surface area contributed by atoms with Crippen LogP contribution in [-0.4, -0.2) is 23.6 Å². The van der Waals surface area contributed by atoms with Crippen molar-refractivity contribution in [2.45, 2.75) is 6.54 Å². The second-order valence-electron chi connectivity index (χ2n) is 5.27. The van der Waals surface area contributed by atoms with Crippen LogP contribution >= 0.6 is 22.9 Å². The van der Waals surface area contributed by atoms with Crippen LogP contribution in [-0.2, 0) is 11.3 Å². The van der Waals surface area contributed by atoms with E-state index in [1.807, 2.05) is 12.1 Å². The van der Waals surface area contributed by atoms with Gasteiger partial charge in [-0.25, -0.2) is 4.79 Å². The van der Waals surface area contributed by atoms with E-state index < -0.39 is 11.9 Å².